The number of methoxy groups -OCH3 is 1. The van der Waals surface area contributed by atoms with Crippen LogP contribution in [0.4, 0.5) is 0 Å². The van der Waals surface area contributed by atoms with Gasteiger partial charge in [0.2, 0.25) is 0 Å². The summed E-state index contributed by atoms with van der Waals surface area (Å²) < 4.78 is 11.9. The maximum atomic E-state index is 10.0. The standard InChI is InChI=1S/C68H108O4S4/c1-6-9-12-16-27-44-62(45-28-20-13-17-24-34-56-37-31-40-59(70)51-56)75-68(49-30-22-15-19-26-35-57-38-32-41-60(52-57)71-5)67-65(47-23-10-7-2)73-63(43-11-8-3)54-66(74-67)64(76-68)46-29-21-14-18-25-36-58-39-33-42-61(53-58)72-55(4)48-50-69/h8,31-33,37-42,51-53,55,62-67,69-70H,3,6-7,9-30,34-36,43-50,54H2,1-2,4-5H3. The number of hydrogen-bond acceptors (Lipinski definition) is 8. The van der Waals surface area contributed by atoms with Crippen LogP contribution >= 0.6 is 47.0 Å². The third-order valence-corrected chi connectivity index (χ3v) is 24.4. The molecule has 4 nitrogen and oxygen atoms in total. The van der Waals surface area contributed by atoms with E-state index in [9.17, 15) is 10.2 Å². The zero-order chi connectivity index (χ0) is 53.9. The fourth-order valence-corrected chi connectivity index (χ4v) is 21.3. The molecular weight excluding hydrogens is 1010 g/mol. The molecule has 0 saturated carbocycles. The van der Waals surface area contributed by atoms with Gasteiger partial charge in [-0.1, -0.05) is 185 Å². The third kappa shape index (κ3) is 25.3. The van der Waals surface area contributed by atoms with Crippen molar-refractivity contribution in [3.05, 3.63) is 102 Å². The minimum absolute atomic E-state index is 0.0283. The van der Waals surface area contributed by atoms with E-state index in [2.05, 4.69) is 128 Å². The van der Waals surface area contributed by atoms with E-state index in [0.29, 0.717) is 17.4 Å². The summed E-state index contributed by atoms with van der Waals surface area (Å²) in [4.78, 5) is 0. The van der Waals surface area contributed by atoms with E-state index < -0.39 is 0 Å². The Bertz CT molecular complexity index is 1940. The van der Waals surface area contributed by atoms with Gasteiger partial charge in [-0.05, 0) is 150 Å². The van der Waals surface area contributed by atoms with Crippen LogP contribution < -0.4 is 9.47 Å². The quantitative estimate of drug-likeness (QED) is 0.0429. The SMILES string of the molecule is C=CCCC1CC2SC(C(CCCCC)S1)C(CCCCCCCc1cccc(OC)c1)(SC(CCCCCCC)CCCCCCCc1cccc(O)c1)SC2CCCCCCCc1cccc(OC(C)CCO)c1. The van der Waals surface area contributed by atoms with E-state index in [0.717, 1.165) is 63.4 Å². The predicted molar refractivity (Wildman–Crippen MR) is 341 cm³/mol. The fourth-order valence-electron chi connectivity index (χ4n) is 11.9. The van der Waals surface area contributed by atoms with Crippen LogP contribution in [0.2, 0.25) is 0 Å². The fraction of sp³-hybridized carbons (Fsp3) is 0.706. The number of thioether (sulfide) groups is 4. The number of fused-ring (bicyclic) bond motifs is 2. The smallest absolute Gasteiger partial charge is 0.119 e. The largest absolute Gasteiger partial charge is 0.508 e. The van der Waals surface area contributed by atoms with Crippen LogP contribution in [0.15, 0.2) is 85.5 Å². The Morgan fingerprint density at radius 3 is 1.80 bits per heavy atom. The molecule has 0 aliphatic carbocycles. The van der Waals surface area contributed by atoms with Gasteiger partial charge in [-0.2, -0.15) is 23.5 Å². The van der Waals surface area contributed by atoms with Crippen molar-refractivity contribution in [1.29, 1.82) is 0 Å². The van der Waals surface area contributed by atoms with Crippen molar-refractivity contribution in [1.82, 2.24) is 0 Å². The average Bonchev–Trinajstić information content (AvgIpc) is 3.61. The molecule has 2 heterocycles. The van der Waals surface area contributed by atoms with Crippen molar-refractivity contribution in [3.8, 4) is 17.2 Å². The zero-order valence-corrected chi connectivity index (χ0v) is 51.8. The molecule has 8 atom stereocenters. The van der Waals surface area contributed by atoms with Gasteiger partial charge in [-0.3, -0.25) is 0 Å². The summed E-state index contributed by atoms with van der Waals surface area (Å²) in [5.41, 5.74) is 4.04. The highest BCUT2D eigenvalue weighted by atomic mass is 32.2. The van der Waals surface area contributed by atoms with Crippen LogP contribution in [0.25, 0.3) is 0 Å². The van der Waals surface area contributed by atoms with Crippen LogP contribution in [-0.2, 0) is 19.3 Å². The van der Waals surface area contributed by atoms with Crippen molar-refractivity contribution < 1.29 is 19.7 Å². The number of allylic oxidation sites excluding steroid dienone is 1. The summed E-state index contributed by atoms with van der Waals surface area (Å²) in [6.45, 7) is 11.2. The Kier molecular flexibility index (Phi) is 33.8. The number of phenolic OH excluding ortho intramolecular Hbond substituents is 1. The molecule has 8 unspecified atom stereocenters. The van der Waals surface area contributed by atoms with Crippen molar-refractivity contribution in [2.75, 3.05) is 13.7 Å². The number of benzene rings is 3. The van der Waals surface area contributed by atoms with E-state index in [1.165, 1.54) is 209 Å². The van der Waals surface area contributed by atoms with E-state index in [4.69, 9.17) is 9.47 Å². The number of unbranched alkanes of at least 4 members (excludes halogenated alkanes) is 18. The minimum atomic E-state index is 0.0283. The minimum Gasteiger partial charge on any atom is -0.508 e. The molecule has 2 saturated heterocycles. The third-order valence-electron chi connectivity index (χ3n) is 16.3. The number of rotatable bonds is 44. The van der Waals surface area contributed by atoms with Gasteiger partial charge in [-0.15, -0.1) is 30.1 Å². The van der Waals surface area contributed by atoms with Crippen LogP contribution in [0.5, 0.6) is 17.2 Å². The maximum absolute atomic E-state index is 10.0. The summed E-state index contributed by atoms with van der Waals surface area (Å²) in [6.07, 6.45) is 47.5. The Morgan fingerprint density at radius 1 is 0.632 bits per heavy atom. The molecule has 3 aromatic rings. The van der Waals surface area contributed by atoms with Gasteiger partial charge in [-0.25, -0.2) is 0 Å². The first-order chi connectivity index (χ1) is 37.3. The van der Waals surface area contributed by atoms with E-state index in [-0.39, 0.29) is 16.8 Å². The molecule has 2 bridgehead atoms. The lowest BCUT2D eigenvalue weighted by Gasteiger charge is -2.51. The number of aryl methyl sites for hydroxylation is 3. The van der Waals surface area contributed by atoms with Crippen LogP contribution in [0.1, 0.15) is 243 Å². The van der Waals surface area contributed by atoms with Gasteiger partial charge < -0.3 is 19.7 Å². The topological polar surface area (TPSA) is 58.9 Å². The average molecular weight is 1120 g/mol. The van der Waals surface area contributed by atoms with Crippen molar-refractivity contribution in [2.24, 2.45) is 0 Å². The summed E-state index contributed by atoms with van der Waals surface area (Å²) in [7, 11) is 1.78. The van der Waals surface area contributed by atoms with Gasteiger partial charge in [0.25, 0.3) is 0 Å². The van der Waals surface area contributed by atoms with Crippen molar-refractivity contribution in [3.63, 3.8) is 0 Å². The number of ether oxygens (including phenoxy) is 2. The van der Waals surface area contributed by atoms with Crippen molar-refractivity contribution >= 4 is 47.0 Å². The second kappa shape index (κ2) is 39.5. The van der Waals surface area contributed by atoms with Gasteiger partial charge in [0, 0.05) is 44.5 Å². The molecule has 2 fully saturated rings. The van der Waals surface area contributed by atoms with Gasteiger partial charge in [0.05, 0.1) is 17.3 Å². The highest BCUT2D eigenvalue weighted by Gasteiger charge is 2.54. The molecule has 3 aromatic carbocycles. The van der Waals surface area contributed by atoms with Crippen molar-refractivity contribution in [2.45, 2.75) is 287 Å². The van der Waals surface area contributed by atoms with Gasteiger partial charge >= 0.3 is 0 Å². The molecule has 2 aliphatic rings. The first-order valence-electron chi connectivity index (χ1n) is 31.3. The molecule has 428 valence electrons. The summed E-state index contributed by atoms with van der Waals surface area (Å²) in [5.74, 6) is 2.30. The van der Waals surface area contributed by atoms with E-state index in [1.54, 1.807) is 13.2 Å². The van der Waals surface area contributed by atoms with Crippen LogP contribution in [-0.4, -0.2) is 65.6 Å². The van der Waals surface area contributed by atoms with Crippen LogP contribution in [0, 0.1) is 0 Å². The van der Waals surface area contributed by atoms with E-state index in [1.807, 2.05) is 19.1 Å². The lowest BCUT2D eigenvalue weighted by atomic mass is 10.0. The highest BCUT2D eigenvalue weighted by Crippen LogP contribution is 2.64. The lowest BCUT2D eigenvalue weighted by molar-refractivity contribution is 0.168. The predicted octanol–water partition coefficient (Wildman–Crippen LogP) is 20.8. The molecule has 0 amide bonds. The van der Waals surface area contributed by atoms with Crippen LogP contribution in [0.3, 0.4) is 0 Å². The molecule has 76 heavy (non-hydrogen) atoms. The molecule has 2 aliphatic heterocycles. The monoisotopic (exact) mass is 1120 g/mol. The Balaban J connectivity index is 1.32. The molecule has 8 heteroatoms. The maximum Gasteiger partial charge on any atom is 0.119 e. The van der Waals surface area contributed by atoms with Gasteiger partial charge in [0.15, 0.2) is 0 Å². The van der Waals surface area contributed by atoms with E-state index >= 15 is 0 Å². The summed E-state index contributed by atoms with van der Waals surface area (Å²) in [6, 6.07) is 25.3. The lowest BCUT2D eigenvalue weighted by Crippen LogP contribution is -2.49. The molecule has 0 radical (unpaired) electrons. The number of aromatic hydroxyl groups is 1. The Morgan fingerprint density at radius 2 is 1.17 bits per heavy atom. The second-order valence-corrected chi connectivity index (χ2v) is 29.3. The summed E-state index contributed by atoms with van der Waals surface area (Å²) >= 11 is 10.1. The second-order valence-electron chi connectivity index (χ2n) is 22.9. The summed E-state index contributed by atoms with van der Waals surface area (Å²) in [5, 5.41) is 23.8. The first-order valence-corrected chi connectivity index (χ1v) is 35.0. The highest BCUT2D eigenvalue weighted by molar-refractivity contribution is 8.21. The van der Waals surface area contributed by atoms with Gasteiger partial charge in [0.1, 0.15) is 17.2 Å². The normalized spacial score (nSPS) is 21.2. The molecular formula is C68H108O4S4. The number of phenols is 1. The molecule has 0 aromatic heterocycles. The Labute approximate surface area is 483 Å². The number of hydrogen-bond donors (Lipinski definition) is 2. The Hall–Kier alpha value is -1.84. The first kappa shape index (κ1) is 65.0. The molecule has 2 N–H and O–H groups in total. The molecule has 5 rings (SSSR count). The molecule has 0 spiro atoms. The number of aliphatic hydroxyl groups is 1. The zero-order valence-electron chi connectivity index (χ0n) is 48.6. The number of aliphatic hydroxyl groups excluding tert-OH is 1.